The van der Waals surface area contributed by atoms with Crippen LogP contribution in [0.25, 0.3) is 89.0 Å². The van der Waals surface area contributed by atoms with E-state index in [1.165, 1.54) is 22.3 Å². The van der Waals surface area contributed by atoms with Gasteiger partial charge in [-0.2, -0.15) is 0 Å². The van der Waals surface area contributed by atoms with Gasteiger partial charge in [-0.15, -0.1) is 0 Å². The Kier molecular flexibility index (Phi) is 8.45. The zero-order valence-electron chi connectivity index (χ0n) is 32.0. The van der Waals surface area contributed by atoms with Gasteiger partial charge >= 0.3 is 0 Å². The quantitative estimate of drug-likeness (QED) is 0.155. The number of rotatable bonds is 8. The predicted molar refractivity (Wildman–Crippen MR) is 243 cm³/mol. The number of para-hydroxylation sites is 2. The number of anilines is 3. The van der Waals surface area contributed by atoms with Crippen LogP contribution in [0.5, 0.6) is 0 Å². The molecule has 0 bridgehead atoms. The zero-order valence-corrected chi connectivity index (χ0v) is 32.0. The van der Waals surface area contributed by atoms with E-state index in [1.54, 1.807) is 0 Å². The van der Waals surface area contributed by atoms with Crippen LogP contribution in [0.2, 0.25) is 0 Å². The van der Waals surface area contributed by atoms with Crippen molar-refractivity contribution in [3.8, 4) is 56.0 Å². The Balaban J connectivity index is 1.06. The third-order valence-electron chi connectivity index (χ3n) is 11.1. The van der Waals surface area contributed by atoms with Crippen LogP contribution in [0.1, 0.15) is 0 Å². The second-order valence-electron chi connectivity index (χ2n) is 14.7. The molecule has 4 nitrogen and oxygen atoms in total. The van der Waals surface area contributed by atoms with Crippen molar-refractivity contribution in [1.29, 1.82) is 0 Å². The second-order valence-corrected chi connectivity index (χ2v) is 14.7. The van der Waals surface area contributed by atoms with Crippen LogP contribution >= 0.6 is 0 Å². The molecule has 2 aromatic heterocycles. The first kappa shape index (κ1) is 34.3. The lowest BCUT2D eigenvalue weighted by molar-refractivity contribution is 0.621. The molecule has 11 aromatic rings. The van der Waals surface area contributed by atoms with Crippen LogP contribution in [0.3, 0.4) is 0 Å². The second kappa shape index (κ2) is 14.5. The maximum atomic E-state index is 6.67. The van der Waals surface area contributed by atoms with Crippen LogP contribution in [0.4, 0.5) is 17.1 Å². The van der Waals surface area contributed by atoms with Crippen LogP contribution in [-0.4, -0.2) is 4.98 Å². The lowest BCUT2D eigenvalue weighted by Gasteiger charge is -2.28. The van der Waals surface area contributed by atoms with Gasteiger partial charge in [0, 0.05) is 44.9 Å². The van der Waals surface area contributed by atoms with E-state index >= 15 is 0 Å². The van der Waals surface area contributed by atoms with E-state index < -0.39 is 0 Å². The summed E-state index contributed by atoms with van der Waals surface area (Å²) in [6.07, 6.45) is 0. The number of oxazole rings is 1. The highest BCUT2D eigenvalue weighted by Crippen LogP contribution is 2.46. The summed E-state index contributed by atoms with van der Waals surface area (Å²) in [7, 11) is 0. The van der Waals surface area contributed by atoms with Gasteiger partial charge in [-0.25, -0.2) is 4.98 Å². The van der Waals surface area contributed by atoms with Gasteiger partial charge in [0.2, 0.25) is 5.89 Å². The molecule has 59 heavy (non-hydrogen) atoms. The monoisotopic (exact) mass is 756 g/mol. The molecule has 0 unspecified atom stereocenters. The van der Waals surface area contributed by atoms with Gasteiger partial charge in [-0.1, -0.05) is 164 Å². The maximum Gasteiger partial charge on any atom is 0.227 e. The van der Waals surface area contributed by atoms with Crippen molar-refractivity contribution in [3.05, 3.63) is 218 Å². The van der Waals surface area contributed by atoms with Crippen LogP contribution in [0.15, 0.2) is 227 Å². The molecule has 0 atom stereocenters. The number of furan rings is 1. The highest BCUT2D eigenvalue weighted by Gasteiger charge is 2.23. The third-order valence-corrected chi connectivity index (χ3v) is 11.1. The molecule has 0 saturated heterocycles. The van der Waals surface area contributed by atoms with Gasteiger partial charge in [-0.3, -0.25) is 0 Å². The van der Waals surface area contributed by atoms with E-state index in [-0.39, 0.29) is 0 Å². The highest BCUT2D eigenvalue weighted by molar-refractivity contribution is 6.19. The lowest BCUT2D eigenvalue weighted by atomic mass is 9.97. The van der Waals surface area contributed by atoms with E-state index in [2.05, 4.69) is 175 Å². The van der Waals surface area contributed by atoms with E-state index in [4.69, 9.17) is 13.8 Å². The predicted octanol–water partition coefficient (Wildman–Crippen LogP) is 15.5. The van der Waals surface area contributed by atoms with E-state index in [1.807, 2.05) is 48.5 Å². The van der Waals surface area contributed by atoms with Crippen molar-refractivity contribution in [2.24, 2.45) is 0 Å². The molecule has 0 N–H and O–H groups in total. The molecule has 11 rings (SSSR count). The molecule has 0 saturated carbocycles. The fourth-order valence-electron chi connectivity index (χ4n) is 8.27. The first-order valence-corrected chi connectivity index (χ1v) is 19.9. The van der Waals surface area contributed by atoms with Crippen LogP contribution < -0.4 is 4.90 Å². The standard InChI is InChI=1S/C55H36N2O2/c1-4-14-37(15-5-1)39-24-26-41(27-25-39)46-20-10-12-22-49(46)57(44-32-28-40(29-33-44)38-16-6-2-7-17-38)45-34-30-42(31-35-45)52-53-47-21-11-13-23-50(47)58-51(53)36-48-54(52)59-55(56-48)43-18-8-3-9-19-43/h1-36H. The molecule has 0 radical (unpaired) electrons. The van der Waals surface area contributed by atoms with E-state index in [0.29, 0.717) is 5.89 Å². The minimum atomic E-state index is 0.578. The summed E-state index contributed by atoms with van der Waals surface area (Å²) < 4.78 is 13.1. The highest BCUT2D eigenvalue weighted by atomic mass is 16.4. The molecule has 2 heterocycles. The minimum Gasteiger partial charge on any atom is -0.456 e. The molecule has 4 heteroatoms. The Morgan fingerprint density at radius 3 is 1.51 bits per heavy atom. The average molecular weight is 757 g/mol. The van der Waals surface area contributed by atoms with Crippen molar-refractivity contribution in [1.82, 2.24) is 4.98 Å². The van der Waals surface area contributed by atoms with Gasteiger partial charge in [-0.05, 0) is 81.9 Å². The molecule has 0 spiro atoms. The Labute approximate surface area is 341 Å². The normalized spacial score (nSPS) is 11.4. The van der Waals surface area contributed by atoms with Crippen molar-refractivity contribution in [2.75, 3.05) is 4.90 Å². The molecular weight excluding hydrogens is 721 g/mol. The number of nitrogens with zero attached hydrogens (tertiary/aromatic N) is 2. The summed E-state index contributed by atoms with van der Waals surface area (Å²) in [5.41, 5.74) is 16.2. The lowest BCUT2D eigenvalue weighted by Crippen LogP contribution is -2.11. The molecule has 278 valence electrons. The van der Waals surface area contributed by atoms with Crippen molar-refractivity contribution in [2.45, 2.75) is 0 Å². The van der Waals surface area contributed by atoms with Crippen molar-refractivity contribution in [3.63, 3.8) is 0 Å². The van der Waals surface area contributed by atoms with E-state index in [0.717, 1.165) is 77.9 Å². The SMILES string of the molecule is c1ccc(-c2ccc(-c3ccccc3N(c3ccc(-c4ccccc4)cc3)c3ccc(-c4c5oc(-c6ccccc6)nc5cc5oc6ccccc6c45)cc3)cc2)cc1. The molecule has 0 amide bonds. The van der Waals surface area contributed by atoms with Gasteiger partial charge in [0.1, 0.15) is 16.7 Å². The Bertz CT molecular complexity index is 3220. The zero-order chi connectivity index (χ0) is 39.1. The summed E-state index contributed by atoms with van der Waals surface area (Å²) in [6.45, 7) is 0. The van der Waals surface area contributed by atoms with E-state index in [9.17, 15) is 0 Å². The summed E-state index contributed by atoms with van der Waals surface area (Å²) in [5, 5.41) is 2.04. The first-order chi connectivity index (χ1) is 29.2. The summed E-state index contributed by atoms with van der Waals surface area (Å²) >= 11 is 0. The molecule has 0 aliphatic carbocycles. The van der Waals surface area contributed by atoms with Gasteiger partial charge in [0.15, 0.2) is 5.58 Å². The fraction of sp³-hybridized carbons (Fsp3) is 0. The van der Waals surface area contributed by atoms with Crippen molar-refractivity contribution < 1.29 is 8.83 Å². The molecule has 0 aliphatic heterocycles. The number of aromatic nitrogens is 1. The summed E-state index contributed by atoms with van der Waals surface area (Å²) in [4.78, 5) is 7.32. The molecule has 9 aromatic carbocycles. The fourth-order valence-corrected chi connectivity index (χ4v) is 8.27. The number of fused-ring (bicyclic) bond motifs is 4. The average Bonchev–Trinajstić information content (AvgIpc) is 3.91. The Morgan fingerprint density at radius 2 is 0.864 bits per heavy atom. The number of benzene rings is 9. The summed E-state index contributed by atoms with van der Waals surface area (Å²) in [6, 6.07) is 76.4. The smallest absolute Gasteiger partial charge is 0.227 e. The van der Waals surface area contributed by atoms with Crippen LogP contribution in [0, 0.1) is 0 Å². The number of hydrogen-bond acceptors (Lipinski definition) is 4. The minimum absolute atomic E-state index is 0.578. The maximum absolute atomic E-state index is 6.67. The van der Waals surface area contributed by atoms with Gasteiger partial charge in [0.05, 0.1) is 5.69 Å². The molecular formula is C55H36N2O2. The Hall–Kier alpha value is -7.95. The summed E-state index contributed by atoms with van der Waals surface area (Å²) in [5.74, 6) is 0.578. The van der Waals surface area contributed by atoms with Gasteiger partial charge in [0.25, 0.3) is 0 Å². The first-order valence-electron chi connectivity index (χ1n) is 19.9. The molecule has 0 fully saturated rings. The largest absolute Gasteiger partial charge is 0.456 e. The topological polar surface area (TPSA) is 42.4 Å². The molecule has 0 aliphatic rings. The number of hydrogen-bond donors (Lipinski definition) is 0. The van der Waals surface area contributed by atoms with Crippen LogP contribution in [-0.2, 0) is 0 Å². The third kappa shape index (κ3) is 6.24. The Morgan fingerprint density at radius 1 is 0.373 bits per heavy atom. The van der Waals surface area contributed by atoms with Crippen molar-refractivity contribution >= 4 is 50.1 Å². The van der Waals surface area contributed by atoms with Gasteiger partial charge < -0.3 is 13.7 Å².